The second-order valence-electron chi connectivity index (χ2n) is 4.58. The van der Waals surface area contributed by atoms with Crippen molar-refractivity contribution in [3.63, 3.8) is 0 Å². The molecule has 0 heterocycles. The van der Waals surface area contributed by atoms with Crippen molar-refractivity contribution in [2.24, 2.45) is 0 Å². The van der Waals surface area contributed by atoms with Crippen molar-refractivity contribution in [1.82, 2.24) is 0 Å². The number of amides is 1. The SMILES string of the molecule is CCCCOC(C)C(=O)Nc1ccc(C(=O)O)cc1OC. The summed E-state index contributed by atoms with van der Waals surface area (Å²) in [6, 6.07) is 4.27. The van der Waals surface area contributed by atoms with Crippen molar-refractivity contribution in [3.8, 4) is 5.75 Å². The molecule has 0 bridgehead atoms. The summed E-state index contributed by atoms with van der Waals surface area (Å²) >= 11 is 0. The van der Waals surface area contributed by atoms with E-state index in [-0.39, 0.29) is 11.5 Å². The van der Waals surface area contributed by atoms with Crippen molar-refractivity contribution < 1.29 is 24.2 Å². The molecule has 0 spiro atoms. The largest absolute Gasteiger partial charge is 0.495 e. The lowest BCUT2D eigenvalue weighted by atomic mass is 10.2. The zero-order valence-electron chi connectivity index (χ0n) is 12.5. The molecule has 2 N–H and O–H groups in total. The molecule has 0 aliphatic carbocycles. The number of carbonyl (C=O) groups is 2. The zero-order valence-corrected chi connectivity index (χ0v) is 12.5. The number of carboxylic acid groups (broad SMARTS) is 1. The fraction of sp³-hybridized carbons (Fsp3) is 0.467. The Morgan fingerprint density at radius 1 is 1.38 bits per heavy atom. The van der Waals surface area contributed by atoms with Gasteiger partial charge in [-0.05, 0) is 31.5 Å². The Kier molecular flexibility index (Phi) is 6.68. The third kappa shape index (κ3) is 5.07. The highest BCUT2D eigenvalue weighted by molar-refractivity contribution is 5.96. The normalized spacial score (nSPS) is 11.8. The molecule has 0 fully saturated rings. The second kappa shape index (κ2) is 8.26. The number of benzene rings is 1. The van der Waals surface area contributed by atoms with Crippen molar-refractivity contribution in [1.29, 1.82) is 0 Å². The average molecular weight is 295 g/mol. The number of aromatic carboxylic acids is 1. The fourth-order valence-corrected chi connectivity index (χ4v) is 1.64. The maximum atomic E-state index is 12.0. The predicted molar refractivity (Wildman–Crippen MR) is 78.9 cm³/mol. The van der Waals surface area contributed by atoms with Crippen molar-refractivity contribution in [2.45, 2.75) is 32.8 Å². The molecule has 6 heteroatoms. The topological polar surface area (TPSA) is 84.9 Å². The average Bonchev–Trinajstić information content (AvgIpc) is 2.47. The van der Waals surface area contributed by atoms with E-state index in [9.17, 15) is 9.59 Å². The third-order valence-corrected chi connectivity index (χ3v) is 2.94. The van der Waals surface area contributed by atoms with Gasteiger partial charge in [0, 0.05) is 6.61 Å². The Morgan fingerprint density at radius 3 is 2.67 bits per heavy atom. The van der Waals surface area contributed by atoms with Crippen LogP contribution in [0, 0.1) is 0 Å². The molecule has 1 aromatic carbocycles. The smallest absolute Gasteiger partial charge is 0.335 e. The quantitative estimate of drug-likeness (QED) is 0.720. The Bertz CT molecular complexity index is 501. The number of ether oxygens (including phenoxy) is 2. The molecule has 1 aromatic rings. The Morgan fingerprint density at radius 2 is 2.10 bits per heavy atom. The van der Waals surface area contributed by atoms with Gasteiger partial charge in [-0.1, -0.05) is 13.3 Å². The van der Waals surface area contributed by atoms with Crippen LogP contribution >= 0.6 is 0 Å². The van der Waals surface area contributed by atoms with Gasteiger partial charge in [-0.2, -0.15) is 0 Å². The van der Waals surface area contributed by atoms with Gasteiger partial charge in [0.25, 0.3) is 5.91 Å². The number of rotatable bonds is 8. The van der Waals surface area contributed by atoms with Crippen LogP contribution in [0.3, 0.4) is 0 Å². The summed E-state index contributed by atoms with van der Waals surface area (Å²) < 4.78 is 10.5. The lowest BCUT2D eigenvalue weighted by Crippen LogP contribution is -2.28. The number of hydrogen-bond donors (Lipinski definition) is 2. The molecule has 1 amide bonds. The van der Waals surface area contributed by atoms with Crippen LogP contribution in [0.4, 0.5) is 5.69 Å². The van der Waals surface area contributed by atoms with Gasteiger partial charge in [0.2, 0.25) is 0 Å². The van der Waals surface area contributed by atoms with Crippen molar-refractivity contribution in [3.05, 3.63) is 23.8 Å². The molecule has 0 saturated heterocycles. The molecule has 1 atom stereocenters. The molecule has 0 aliphatic rings. The first-order valence-corrected chi connectivity index (χ1v) is 6.83. The van der Waals surface area contributed by atoms with Crippen LogP contribution in [0.1, 0.15) is 37.0 Å². The lowest BCUT2D eigenvalue weighted by Gasteiger charge is -2.15. The van der Waals surface area contributed by atoms with Crippen LogP contribution < -0.4 is 10.1 Å². The number of hydrogen-bond acceptors (Lipinski definition) is 4. The zero-order chi connectivity index (χ0) is 15.8. The molecule has 6 nitrogen and oxygen atoms in total. The number of anilines is 1. The van der Waals surface area contributed by atoms with Gasteiger partial charge in [-0.15, -0.1) is 0 Å². The minimum Gasteiger partial charge on any atom is -0.495 e. The minimum atomic E-state index is -1.05. The first-order chi connectivity index (χ1) is 9.99. The minimum absolute atomic E-state index is 0.0945. The second-order valence-corrected chi connectivity index (χ2v) is 4.58. The van der Waals surface area contributed by atoms with Crippen LogP contribution in [0.25, 0.3) is 0 Å². The van der Waals surface area contributed by atoms with Crippen LogP contribution in [-0.2, 0) is 9.53 Å². The third-order valence-electron chi connectivity index (χ3n) is 2.94. The highest BCUT2D eigenvalue weighted by Crippen LogP contribution is 2.25. The first-order valence-electron chi connectivity index (χ1n) is 6.83. The van der Waals surface area contributed by atoms with E-state index < -0.39 is 12.1 Å². The predicted octanol–water partition coefficient (Wildman–Crippen LogP) is 2.54. The summed E-state index contributed by atoms with van der Waals surface area (Å²) in [5, 5.41) is 11.6. The molecule has 0 aliphatic heterocycles. The molecular weight excluding hydrogens is 274 g/mol. The Labute approximate surface area is 124 Å². The van der Waals surface area contributed by atoms with Crippen molar-refractivity contribution >= 4 is 17.6 Å². The standard InChI is InChI=1S/C15H21NO5/c1-4-5-8-21-10(2)14(17)16-12-7-6-11(15(18)19)9-13(12)20-3/h6-7,9-10H,4-5,8H2,1-3H3,(H,16,17)(H,18,19). The number of nitrogens with one attached hydrogen (secondary N) is 1. The summed E-state index contributed by atoms with van der Waals surface area (Å²) in [6.07, 6.45) is 1.31. The molecular formula is C15H21NO5. The van der Waals surface area contributed by atoms with E-state index in [0.717, 1.165) is 12.8 Å². The summed E-state index contributed by atoms with van der Waals surface area (Å²) in [7, 11) is 1.41. The van der Waals surface area contributed by atoms with Crippen LogP contribution in [-0.4, -0.2) is 36.8 Å². The van der Waals surface area contributed by atoms with Crippen molar-refractivity contribution in [2.75, 3.05) is 19.0 Å². The maximum absolute atomic E-state index is 12.0. The monoisotopic (exact) mass is 295 g/mol. The highest BCUT2D eigenvalue weighted by atomic mass is 16.5. The molecule has 116 valence electrons. The molecule has 1 unspecified atom stereocenters. The number of carboxylic acids is 1. The maximum Gasteiger partial charge on any atom is 0.335 e. The van der Waals surface area contributed by atoms with E-state index in [1.165, 1.54) is 25.3 Å². The van der Waals surface area contributed by atoms with Gasteiger partial charge in [0.15, 0.2) is 0 Å². The van der Waals surface area contributed by atoms with Gasteiger partial charge >= 0.3 is 5.97 Å². The number of carbonyl (C=O) groups excluding carboxylic acids is 1. The first kappa shape index (κ1) is 17.0. The van der Waals surface area contributed by atoms with E-state index in [1.54, 1.807) is 6.92 Å². The number of unbranched alkanes of at least 4 members (excludes halogenated alkanes) is 1. The van der Waals surface area contributed by atoms with Gasteiger partial charge in [0.1, 0.15) is 11.9 Å². The summed E-state index contributed by atoms with van der Waals surface area (Å²) in [5.74, 6) is -1.06. The van der Waals surface area contributed by atoms with Crippen LogP contribution in [0.15, 0.2) is 18.2 Å². The van der Waals surface area contributed by atoms with E-state index >= 15 is 0 Å². The van der Waals surface area contributed by atoms with E-state index in [4.69, 9.17) is 14.6 Å². The van der Waals surface area contributed by atoms with Crippen LogP contribution in [0.5, 0.6) is 5.75 Å². The Balaban J connectivity index is 2.73. The molecule has 0 saturated carbocycles. The summed E-state index contributed by atoms with van der Waals surface area (Å²) in [5.41, 5.74) is 0.510. The van der Waals surface area contributed by atoms with Gasteiger partial charge < -0.3 is 19.9 Å². The van der Waals surface area contributed by atoms with Gasteiger partial charge in [-0.25, -0.2) is 4.79 Å². The van der Waals surface area contributed by atoms with E-state index in [0.29, 0.717) is 18.0 Å². The van der Waals surface area contributed by atoms with Gasteiger partial charge in [0.05, 0.1) is 18.4 Å². The lowest BCUT2D eigenvalue weighted by molar-refractivity contribution is -0.126. The van der Waals surface area contributed by atoms with E-state index in [1.807, 2.05) is 6.92 Å². The molecule has 21 heavy (non-hydrogen) atoms. The van der Waals surface area contributed by atoms with Crippen LogP contribution in [0.2, 0.25) is 0 Å². The van der Waals surface area contributed by atoms with Gasteiger partial charge in [-0.3, -0.25) is 4.79 Å². The molecule has 0 aromatic heterocycles. The fourth-order valence-electron chi connectivity index (χ4n) is 1.64. The van der Waals surface area contributed by atoms with E-state index in [2.05, 4.69) is 5.32 Å². The highest BCUT2D eigenvalue weighted by Gasteiger charge is 2.16. The summed E-state index contributed by atoms with van der Waals surface area (Å²) in [6.45, 7) is 4.24. The Hall–Kier alpha value is -2.08. The summed E-state index contributed by atoms with van der Waals surface area (Å²) in [4.78, 5) is 22.9. The molecule has 0 radical (unpaired) electrons. The number of methoxy groups -OCH3 is 1. The molecule has 1 rings (SSSR count).